The van der Waals surface area contributed by atoms with Gasteiger partial charge in [-0.1, -0.05) is 0 Å². The van der Waals surface area contributed by atoms with Crippen LogP contribution in [0.5, 0.6) is 0 Å². The van der Waals surface area contributed by atoms with E-state index in [-0.39, 0.29) is 6.10 Å². The molecule has 0 aromatic rings. The molecule has 2 rings (SSSR count). The van der Waals surface area contributed by atoms with Gasteiger partial charge in [-0.3, -0.25) is 0 Å². The van der Waals surface area contributed by atoms with E-state index < -0.39 is 24.6 Å². The molecule has 0 amide bonds. The van der Waals surface area contributed by atoms with Gasteiger partial charge >= 0.3 is 0 Å². The molecule has 5 heteroatoms. The molecule has 11 heavy (non-hydrogen) atoms. The zero-order valence-electron chi connectivity index (χ0n) is 5.75. The van der Waals surface area contributed by atoms with Crippen LogP contribution in [0.2, 0.25) is 0 Å². The average molecular weight is 162 g/mol. The Morgan fingerprint density at radius 3 is 2.09 bits per heavy atom. The number of hydrogen-bond donors (Lipinski definition) is 3. The van der Waals surface area contributed by atoms with Crippen molar-refractivity contribution in [1.29, 1.82) is 0 Å². The van der Waals surface area contributed by atoms with E-state index in [0.717, 1.165) is 0 Å². The van der Waals surface area contributed by atoms with E-state index >= 15 is 0 Å². The van der Waals surface area contributed by atoms with Crippen LogP contribution in [0.4, 0.5) is 0 Å². The fourth-order valence-electron chi connectivity index (χ4n) is 1.24. The van der Waals surface area contributed by atoms with Gasteiger partial charge in [0.15, 0.2) is 6.29 Å². The third-order valence-corrected chi connectivity index (χ3v) is 2.00. The smallest absolute Gasteiger partial charge is 0.184 e. The standard InChI is InChI=1S/C6H10O5/c7-3-4(8)6(9)11-5(3)2-1-10-2/h2-9H,1H2/t2-,3+,4-,5-,6?/m1/s1. The quantitative estimate of drug-likeness (QED) is 0.382. The van der Waals surface area contributed by atoms with Gasteiger partial charge in [0.05, 0.1) is 6.61 Å². The van der Waals surface area contributed by atoms with Gasteiger partial charge < -0.3 is 24.8 Å². The molecule has 2 fully saturated rings. The first-order valence-electron chi connectivity index (χ1n) is 3.51. The lowest BCUT2D eigenvalue weighted by Gasteiger charge is -2.10. The highest BCUT2D eigenvalue weighted by atomic mass is 16.7. The van der Waals surface area contributed by atoms with Gasteiger partial charge in [-0.2, -0.15) is 0 Å². The predicted molar refractivity (Wildman–Crippen MR) is 32.6 cm³/mol. The average Bonchev–Trinajstić information content (AvgIpc) is 2.76. The number of ether oxygens (including phenoxy) is 2. The van der Waals surface area contributed by atoms with E-state index in [9.17, 15) is 5.11 Å². The Labute approximate surface area is 63.2 Å². The van der Waals surface area contributed by atoms with Crippen LogP contribution in [0.15, 0.2) is 0 Å². The predicted octanol–water partition coefficient (Wildman–Crippen LogP) is -2.18. The van der Waals surface area contributed by atoms with Crippen LogP contribution < -0.4 is 0 Å². The number of aliphatic hydroxyl groups is 3. The topological polar surface area (TPSA) is 82.5 Å². The highest BCUT2D eigenvalue weighted by molar-refractivity contribution is 4.94. The molecule has 1 unspecified atom stereocenters. The van der Waals surface area contributed by atoms with Crippen LogP contribution in [-0.4, -0.2) is 52.6 Å². The molecule has 3 N–H and O–H groups in total. The summed E-state index contributed by atoms with van der Waals surface area (Å²) in [6.45, 7) is 0.529. The summed E-state index contributed by atoms with van der Waals surface area (Å²) in [5.41, 5.74) is 0. The molecule has 0 aliphatic carbocycles. The number of epoxide rings is 1. The molecular weight excluding hydrogens is 152 g/mol. The fourth-order valence-corrected chi connectivity index (χ4v) is 1.24. The molecule has 5 atom stereocenters. The minimum Gasteiger partial charge on any atom is -0.387 e. The van der Waals surface area contributed by atoms with E-state index in [1.165, 1.54) is 0 Å². The van der Waals surface area contributed by atoms with Crippen molar-refractivity contribution in [3.05, 3.63) is 0 Å². The van der Waals surface area contributed by atoms with Gasteiger partial charge in [-0.05, 0) is 0 Å². The Kier molecular flexibility index (Phi) is 1.62. The maximum atomic E-state index is 9.22. The molecular formula is C6H10O5. The Bertz CT molecular complexity index is 157. The molecule has 2 saturated heterocycles. The molecule has 0 spiro atoms. The van der Waals surface area contributed by atoms with Crippen molar-refractivity contribution in [2.24, 2.45) is 0 Å². The fraction of sp³-hybridized carbons (Fsp3) is 1.00. The molecule has 2 aliphatic rings. The second kappa shape index (κ2) is 2.40. The number of rotatable bonds is 1. The van der Waals surface area contributed by atoms with Crippen molar-refractivity contribution in [2.75, 3.05) is 6.61 Å². The first-order valence-corrected chi connectivity index (χ1v) is 3.51. The van der Waals surface area contributed by atoms with Gasteiger partial charge in [0.2, 0.25) is 0 Å². The summed E-state index contributed by atoms with van der Waals surface area (Å²) < 4.78 is 9.69. The first-order chi connectivity index (χ1) is 5.20. The van der Waals surface area contributed by atoms with Gasteiger partial charge in [-0.15, -0.1) is 0 Å². The van der Waals surface area contributed by atoms with Crippen LogP contribution in [0, 0.1) is 0 Å². The molecule has 0 saturated carbocycles. The van der Waals surface area contributed by atoms with Crippen LogP contribution in [0.1, 0.15) is 0 Å². The molecule has 2 heterocycles. The number of aliphatic hydroxyl groups excluding tert-OH is 3. The van der Waals surface area contributed by atoms with Crippen LogP contribution in [0.25, 0.3) is 0 Å². The SMILES string of the molecule is OC1O[C@H]([C@H]2CO2)[C@@H](O)[C@H]1O. The minimum atomic E-state index is -1.28. The van der Waals surface area contributed by atoms with E-state index in [1.54, 1.807) is 0 Å². The van der Waals surface area contributed by atoms with Gasteiger partial charge in [-0.25, -0.2) is 0 Å². The number of hydrogen-bond acceptors (Lipinski definition) is 5. The highest BCUT2D eigenvalue weighted by Gasteiger charge is 2.49. The van der Waals surface area contributed by atoms with E-state index in [0.29, 0.717) is 6.61 Å². The van der Waals surface area contributed by atoms with Crippen molar-refractivity contribution < 1.29 is 24.8 Å². The summed E-state index contributed by atoms with van der Waals surface area (Å²) in [4.78, 5) is 0. The summed E-state index contributed by atoms with van der Waals surface area (Å²) in [7, 11) is 0. The molecule has 2 aliphatic heterocycles. The van der Waals surface area contributed by atoms with Crippen LogP contribution >= 0.6 is 0 Å². The molecule has 0 bridgehead atoms. The lowest BCUT2D eigenvalue weighted by atomic mass is 10.1. The summed E-state index contributed by atoms with van der Waals surface area (Å²) in [6.07, 6.45) is -4.24. The van der Waals surface area contributed by atoms with Gasteiger partial charge in [0.25, 0.3) is 0 Å². The largest absolute Gasteiger partial charge is 0.387 e. The monoisotopic (exact) mass is 162 g/mol. The zero-order valence-corrected chi connectivity index (χ0v) is 5.75. The van der Waals surface area contributed by atoms with Crippen molar-refractivity contribution in [3.63, 3.8) is 0 Å². The Balaban J connectivity index is 2.01. The normalized spacial score (nSPS) is 56.5. The lowest BCUT2D eigenvalue weighted by Crippen LogP contribution is -2.34. The molecule has 0 aromatic carbocycles. The molecule has 5 nitrogen and oxygen atoms in total. The van der Waals surface area contributed by atoms with E-state index in [2.05, 4.69) is 0 Å². The highest BCUT2D eigenvalue weighted by Crippen LogP contribution is 2.28. The van der Waals surface area contributed by atoms with Crippen molar-refractivity contribution >= 4 is 0 Å². The van der Waals surface area contributed by atoms with E-state index in [4.69, 9.17) is 19.7 Å². The lowest BCUT2D eigenvalue weighted by molar-refractivity contribution is -0.129. The summed E-state index contributed by atoms with van der Waals surface area (Å²) in [5.74, 6) is 0. The van der Waals surface area contributed by atoms with Crippen molar-refractivity contribution in [1.82, 2.24) is 0 Å². The van der Waals surface area contributed by atoms with Gasteiger partial charge in [0, 0.05) is 0 Å². The third-order valence-electron chi connectivity index (χ3n) is 2.00. The summed E-state index contributed by atoms with van der Waals surface area (Å²) in [5, 5.41) is 27.2. The zero-order chi connectivity index (χ0) is 8.01. The Morgan fingerprint density at radius 2 is 1.73 bits per heavy atom. The Morgan fingerprint density at radius 1 is 1.09 bits per heavy atom. The van der Waals surface area contributed by atoms with E-state index in [1.807, 2.05) is 0 Å². The maximum Gasteiger partial charge on any atom is 0.184 e. The van der Waals surface area contributed by atoms with Crippen LogP contribution in [0.3, 0.4) is 0 Å². The van der Waals surface area contributed by atoms with Crippen molar-refractivity contribution in [2.45, 2.75) is 30.7 Å². The van der Waals surface area contributed by atoms with Gasteiger partial charge in [0.1, 0.15) is 24.4 Å². The second-order valence-electron chi connectivity index (χ2n) is 2.84. The maximum absolute atomic E-state index is 9.22. The third kappa shape index (κ3) is 1.15. The van der Waals surface area contributed by atoms with Crippen molar-refractivity contribution in [3.8, 4) is 0 Å². The minimum absolute atomic E-state index is 0.156. The summed E-state index contributed by atoms with van der Waals surface area (Å²) in [6, 6.07) is 0. The summed E-state index contributed by atoms with van der Waals surface area (Å²) >= 11 is 0. The molecule has 0 aromatic heterocycles. The van der Waals surface area contributed by atoms with Crippen LogP contribution in [-0.2, 0) is 9.47 Å². The molecule has 0 radical (unpaired) electrons. The second-order valence-corrected chi connectivity index (χ2v) is 2.84. The Hall–Kier alpha value is -0.200. The first kappa shape index (κ1) is 7.45. The molecule has 64 valence electrons.